The van der Waals surface area contributed by atoms with E-state index in [0.717, 1.165) is 50.2 Å². The molecule has 1 atom stereocenters. The fourth-order valence-corrected chi connectivity index (χ4v) is 3.27. The summed E-state index contributed by atoms with van der Waals surface area (Å²) in [6.07, 6.45) is 4.88. The molecule has 0 saturated heterocycles. The SMILES string of the molecule is COc1ccc(C(O)CCN2CC=C(Cc3ccccc3)CC2)cc1.Cl. The van der Waals surface area contributed by atoms with Gasteiger partial charge in [-0.15, -0.1) is 12.4 Å². The molecule has 1 aliphatic rings. The second-order valence-electron chi connectivity index (χ2n) is 6.65. The van der Waals surface area contributed by atoms with Gasteiger partial charge in [0.25, 0.3) is 0 Å². The molecule has 2 aromatic carbocycles. The van der Waals surface area contributed by atoms with Crippen LogP contribution in [0.3, 0.4) is 0 Å². The first-order valence-electron chi connectivity index (χ1n) is 9.01. The summed E-state index contributed by atoms with van der Waals surface area (Å²) in [4.78, 5) is 2.42. The zero-order valence-electron chi connectivity index (χ0n) is 15.3. The molecule has 140 valence electrons. The lowest BCUT2D eigenvalue weighted by molar-refractivity contribution is 0.144. The Labute approximate surface area is 162 Å². The van der Waals surface area contributed by atoms with Crippen molar-refractivity contribution in [2.24, 2.45) is 0 Å². The van der Waals surface area contributed by atoms with Crippen molar-refractivity contribution in [3.8, 4) is 5.75 Å². The van der Waals surface area contributed by atoms with E-state index in [4.69, 9.17) is 4.74 Å². The van der Waals surface area contributed by atoms with Crippen molar-refractivity contribution >= 4 is 12.4 Å². The Bertz CT molecular complexity index is 685. The van der Waals surface area contributed by atoms with Crippen LogP contribution < -0.4 is 4.74 Å². The average molecular weight is 374 g/mol. The van der Waals surface area contributed by atoms with Crippen molar-refractivity contribution in [2.75, 3.05) is 26.7 Å². The van der Waals surface area contributed by atoms with Crippen molar-refractivity contribution in [3.63, 3.8) is 0 Å². The van der Waals surface area contributed by atoms with Crippen molar-refractivity contribution < 1.29 is 9.84 Å². The van der Waals surface area contributed by atoms with Crippen LogP contribution in [0.5, 0.6) is 5.75 Å². The molecule has 0 saturated carbocycles. The van der Waals surface area contributed by atoms with Crippen LogP contribution in [-0.4, -0.2) is 36.8 Å². The lowest BCUT2D eigenvalue weighted by atomic mass is 9.99. The van der Waals surface area contributed by atoms with Crippen LogP contribution in [-0.2, 0) is 6.42 Å². The standard InChI is InChI=1S/C22H27NO2.ClH/c1-25-21-9-7-20(8-10-21)22(24)13-16-23-14-11-19(12-15-23)17-18-5-3-2-4-6-18;/h2-11,22,24H,12-17H2,1H3;1H. The van der Waals surface area contributed by atoms with Gasteiger partial charge in [0.1, 0.15) is 5.75 Å². The third-order valence-electron chi connectivity index (χ3n) is 4.88. The molecule has 3 rings (SSSR count). The molecular formula is C22H28ClNO2. The highest BCUT2D eigenvalue weighted by Crippen LogP contribution is 2.22. The number of rotatable bonds is 7. The minimum Gasteiger partial charge on any atom is -0.497 e. The Hall–Kier alpha value is -1.81. The van der Waals surface area contributed by atoms with E-state index in [1.807, 2.05) is 24.3 Å². The summed E-state index contributed by atoms with van der Waals surface area (Å²) in [6, 6.07) is 18.3. The molecule has 0 spiro atoms. The van der Waals surface area contributed by atoms with Gasteiger partial charge in [0.05, 0.1) is 13.2 Å². The molecule has 0 amide bonds. The Morgan fingerprint density at radius 2 is 1.81 bits per heavy atom. The summed E-state index contributed by atoms with van der Waals surface area (Å²) in [5.41, 5.74) is 3.87. The van der Waals surface area contributed by atoms with Gasteiger partial charge in [0.15, 0.2) is 0 Å². The maximum absolute atomic E-state index is 10.4. The highest BCUT2D eigenvalue weighted by Gasteiger charge is 2.14. The van der Waals surface area contributed by atoms with Crippen LogP contribution in [0, 0.1) is 0 Å². The molecule has 1 heterocycles. The van der Waals surface area contributed by atoms with E-state index in [0.29, 0.717) is 0 Å². The minimum atomic E-state index is -0.416. The molecule has 3 nitrogen and oxygen atoms in total. The van der Waals surface area contributed by atoms with Crippen LogP contribution >= 0.6 is 12.4 Å². The molecule has 0 fully saturated rings. The van der Waals surface area contributed by atoms with Crippen LogP contribution in [0.2, 0.25) is 0 Å². The third-order valence-corrected chi connectivity index (χ3v) is 4.88. The number of nitrogens with zero attached hydrogens (tertiary/aromatic N) is 1. The number of aliphatic hydroxyl groups excluding tert-OH is 1. The predicted molar refractivity (Wildman–Crippen MR) is 109 cm³/mol. The smallest absolute Gasteiger partial charge is 0.118 e. The van der Waals surface area contributed by atoms with Crippen molar-refractivity contribution in [2.45, 2.75) is 25.4 Å². The molecule has 0 aliphatic carbocycles. The van der Waals surface area contributed by atoms with Gasteiger partial charge < -0.3 is 9.84 Å². The van der Waals surface area contributed by atoms with Crippen LogP contribution in [0.25, 0.3) is 0 Å². The Kier molecular flexibility index (Phi) is 8.17. The van der Waals surface area contributed by atoms with Gasteiger partial charge in [0, 0.05) is 19.6 Å². The minimum absolute atomic E-state index is 0. The molecule has 2 aromatic rings. The monoisotopic (exact) mass is 373 g/mol. The van der Waals surface area contributed by atoms with E-state index in [1.54, 1.807) is 7.11 Å². The van der Waals surface area contributed by atoms with E-state index in [2.05, 4.69) is 41.3 Å². The van der Waals surface area contributed by atoms with Gasteiger partial charge in [-0.05, 0) is 42.5 Å². The average Bonchev–Trinajstić information content (AvgIpc) is 2.68. The van der Waals surface area contributed by atoms with Gasteiger partial charge in [-0.25, -0.2) is 0 Å². The molecule has 1 unspecified atom stereocenters. The number of halogens is 1. The molecule has 4 heteroatoms. The largest absolute Gasteiger partial charge is 0.497 e. The zero-order chi connectivity index (χ0) is 17.5. The third kappa shape index (κ3) is 5.87. The van der Waals surface area contributed by atoms with Crippen molar-refractivity contribution in [3.05, 3.63) is 77.4 Å². The van der Waals surface area contributed by atoms with Gasteiger partial charge in [0.2, 0.25) is 0 Å². The van der Waals surface area contributed by atoms with Gasteiger partial charge in [-0.2, -0.15) is 0 Å². The Morgan fingerprint density at radius 1 is 1.08 bits per heavy atom. The van der Waals surface area contributed by atoms with Gasteiger partial charge >= 0.3 is 0 Å². The van der Waals surface area contributed by atoms with E-state index < -0.39 is 6.10 Å². The van der Waals surface area contributed by atoms with Crippen molar-refractivity contribution in [1.29, 1.82) is 0 Å². The summed E-state index contributed by atoms with van der Waals surface area (Å²) in [5.74, 6) is 0.822. The lowest BCUT2D eigenvalue weighted by Gasteiger charge is -2.27. The summed E-state index contributed by atoms with van der Waals surface area (Å²) < 4.78 is 5.16. The Morgan fingerprint density at radius 3 is 2.42 bits per heavy atom. The second-order valence-corrected chi connectivity index (χ2v) is 6.65. The highest BCUT2D eigenvalue weighted by molar-refractivity contribution is 5.85. The van der Waals surface area contributed by atoms with Gasteiger partial charge in [-0.1, -0.05) is 54.1 Å². The number of methoxy groups -OCH3 is 1. The Balaban J connectivity index is 0.00000243. The van der Waals surface area contributed by atoms with Crippen LogP contribution in [0.1, 0.15) is 30.1 Å². The van der Waals surface area contributed by atoms with E-state index in [-0.39, 0.29) is 12.4 Å². The first-order valence-corrected chi connectivity index (χ1v) is 9.01. The number of hydrogen-bond acceptors (Lipinski definition) is 3. The maximum Gasteiger partial charge on any atom is 0.118 e. The normalized spacial score (nSPS) is 15.7. The molecular weight excluding hydrogens is 346 g/mol. The summed E-state index contributed by atoms with van der Waals surface area (Å²) >= 11 is 0. The molecule has 1 N–H and O–H groups in total. The summed E-state index contributed by atoms with van der Waals surface area (Å²) in [5, 5.41) is 10.4. The summed E-state index contributed by atoms with van der Waals surface area (Å²) in [7, 11) is 1.65. The highest BCUT2D eigenvalue weighted by atomic mass is 35.5. The van der Waals surface area contributed by atoms with E-state index in [9.17, 15) is 5.11 Å². The number of hydrogen-bond donors (Lipinski definition) is 1. The number of ether oxygens (including phenoxy) is 1. The first kappa shape index (κ1) is 20.5. The molecule has 0 bridgehead atoms. The van der Waals surface area contributed by atoms with E-state index in [1.165, 1.54) is 11.1 Å². The zero-order valence-corrected chi connectivity index (χ0v) is 16.1. The molecule has 26 heavy (non-hydrogen) atoms. The fraction of sp³-hybridized carbons (Fsp3) is 0.364. The van der Waals surface area contributed by atoms with Crippen LogP contribution in [0.15, 0.2) is 66.2 Å². The molecule has 0 radical (unpaired) electrons. The van der Waals surface area contributed by atoms with Crippen molar-refractivity contribution in [1.82, 2.24) is 4.90 Å². The number of aliphatic hydroxyl groups is 1. The number of benzene rings is 2. The van der Waals surface area contributed by atoms with Gasteiger partial charge in [-0.3, -0.25) is 4.90 Å². The predicted octanol–water partition coefficient (Wildman–Crippen LogP) is 4.42. The quantitative estimate of drug-likeness (QED) is 0.729. The van der Waals surface area contributed by atoms with E-state index >= 15 is 0 Å². The second kappa shape index (κ2) is 10.4. The topological polar surface area (TPSA) is 32.7 Å². The first-order chi connectivity index (χ1) is 12.2. The summed E-state index contributed by atoms with van der Waals surface area (Å²) in [6.45, 7) is 2.98. The molecule has 0 aromatic heterocycles. The maximum atomic E-state index is 10.4. The molecule has 1 aliphatic heterocycles. The fourth-order valence-electron chi connectivity index (χ4n) is 3.27. The lowest BCUT2D eigenvalue weighted by Crippen LogP contribution is -2.30. The van der Waals surface area contributed by atoms with Crippen LogP contribution in [0.4, 0.5) is 0 Å².